The number of piperidine rings is 1. The van der Waals surface area contributed by atoms with Gasteiger partial charge in [-0.2, -0.15) is 0 Å². The molecule has 1 aromatic rings. The van der Waals surface area contributed by atoms with E-state index < -0.39 is 0 Å². The number of amides is 3. The Morgan fingerprint density at radius 3 is 2.38 bits per heavy atom. The minimum Gasteiger partial charge on any atom is -0.355 e. The molecule has 0 unspecified atom stereocenters. The maximum atomic E-state index is 12.3. The van der Waals surface area contributed by atoms with Crippen molar-refractivity contribution >= 4 is 23.4 Å². The second-order valence-corrected chi connectivity index (χ2v) is 6.53. The Labute approximate surface area is 154 Å². The Morgan fingerprint density at radius 2 is 1.73 bits per heavy atom. The molecule has 0 radical (unpaired) electrons. The van der Waals surface area contributed by atoms with Gasteiger partial charge in [-0.15, -0.1) is 0 Å². The second kappa shape index (κ2) is 10.6. The maximum Gasteiger partial charge on any atom is 0.239 e. The first-order chi connectivity index (χ1) is 12.6. The van der Waals surface area contributed by atoms with Crippen LogP contribution in [-0.4, -0.2) is 55.3 Å². The van der Waals surface area contributed by atoms with Gasteiger partial charge in [0.15, 0.2) is 0 Å². The van der Waals surface area contributed by atoms with Gasteiger partial charge in [-0.25, -0.2) is 0 Å². The largest absolute Gasteiger partial charge is 0.355 e. The predicted molar refractivity (Wildman–Crippen MR) is 101 cm³/mol. The smallest absolute Gasteiger partial charge is 0.239 e. The molecule has 0 spiro atoms. The number of benzene rings is 1. The molecule has 142 valence electrons. The van der Waals surface area contributed by atoms with E-state index in [9.17, 15) is 14.4 Å². The van der Waals surface area contributed by atoms with Gasteiger partial charge in [-0.05, 0) is 44.5 Å². The summed E-state index contributed by atoms with van der Waals surface area (Å²) in [5.74, 6) is -0.331. The second-order valence-electron chi connectivity index (χ2n) is 6.53. The van der Waals surface area contributed by atoms with E-state index in [-0.39, 0.29) is 36.7 Å². The van der Waals surface area contributed by atoms with Crippen molar-refractivity contribution in [3.8, 4) is 0 Å². The molecule has 3 N–H and O–H groups in total. The topological polar surface area (TPSA) is 90.5 Å². The van der Waals surface area contributed by atoms with Crippen molar-refractivity contribution in [2.75, 3.05) is 38.0 Å². The van der Waals surface area contributed by atoms with Gasteiger partial charge in [0.25, 0.3) is 0 Å². The molecule has 0 aromatic heterocycles. The average Bonchev–Trinajstić information content (AvgIpc) is 2.66. The van der Waals surface area contributed by atoms with Gasteiger partial charge < -0.3 is 16.0 Å². The fourth-order valence-corrected chi connectivity index (χ4v) is 2.88. The fraction of sp³-hybridized carbons (Fsp3) is 0.526. The van der Waals surface area contributed by atoms with Crippen LogP contribution in [0.4, 0.5) is 5.69 Å². The molecular weight excluding hydrogens is 332 g/mol. The lowest BCUT2D eigenvalue weighted by atomic mass is 9.96. The molecule has 1 heterocycles. The van der Waals surface area contributed by atoms with Crippen LogP contribution in [0, 0.1) is 5.92 Å². The first-order valence-electron chi connectivity index (χ1n) is 9.20. The van der Waals surface area contributed by atoms with Crippen molar-refractivity contribution < 1.29 is 14.4 Å². The fourth-order valence-electron chi connectivity index (χ4n) is 2.88. The van der Waals surface area contributed by atoms with Crippen molar-refractivity contribution in [1.82, 2.24) is 15.5 Å². The van der Waals surface area contributed by atoms with Gasteiger partial charge in [0.05, 0.1) is 13.1 Å². The van der Waals surface area contributed by atoms with Crippen molar-refractivity contribution in [1.29, 1.82) is 0 Å². The van der Waals surface area contributed by atoms with Crippen LogP contribution < -0.4 is 16.0 Å². The van der Waals surface area contributed by atoms with Crippen molar-refractivity contribution in [2.45, 2.75) is 26.2 Å². The van der Waals surface area contributed by atoms with Crippen molar-refractivity contribution in [3.05, 3.63) is 30.3 Å². The molecule has 1 aromatic carbocycles. The van der Waals surface area contributed by atoms with Gasteiger partial charge in [0, 0.05) is 18.2 Å². The number of likely N-dealkylation sites (tertiary alicyclic amines) is 1. The number of para-hydroxylation sites is 1. The minimum absolute atomic E-state index is 0.00871. The third kappa shape index (κ3) is 6.84. The Kier molecular flexibility index (Phi) is 8.08. The van der Waals surface area contributed by atoms with Crippen LogP contribution in [-0.2, 0) is 14.4 Å². The van der Waals surface area contributed by atoms with Crippen LogP contribution in [0.3, 0.4) is 0 Å². The lowest BCUT2D eigenvalue weighted by Crippen LogP contribution is -2.45. The maximum absolute atomic E-state index is 12.3. The molecule has 1 saturated heterocycles. The molecule has 3 amide bonds. The van der Waals surface area contributed by atoms with Gasteiger partial charge in [0.2, 0.25) is 17.7 Å². The molecule has 7 nitrogen and oxygen atoms in total. The van der Waals surface area contributed by atoms with E-state index in [0.29, 0.717) is 19.6 Å². The number of rotatable bonds is 8. The summed E-state index contributed by atoms with van der Waals surface area (Å²) in [5.41, 5.74) is 0.806. The van der Waals surface area contributed by atoms with E-state index in [4.69, 9.17) is 0 Å². The number of carbonyl (C=O) groups excluding carboxylic acids is 3. The highest BCUT2D eigenvalue weighted by Gasteiger charge is 2.26. The molecule has 1 aliphatic heterocycles. The number of hydrogen-bond donors (Lipinski definition) is 3. The zero-order valence-corrected chi connectivity index (χ0v) is 15.3. The van der Waals surface area contributed by atoms with Crippen LogP contribution in [0.25, 0.3) is 0 Å². The standard InChI is InChI=1S/C19H28N4O3/c1-2-10-20-17(24)13-21-18(25)14-23-11-8-15(9-12-23)19(26)22-16-6-4-3-5-7-16/h3-7,15H,2,8-14H2,1H3,(H,20,24)(H,21,25)(H,22,26). The highest BCUT2D eigenvalue weighted by atomic mass is 16.2. The summed E-state index contributed by atoms with van der Waals surface area (Å²) in [4.78, 5) is 37.7. The highest BCUT2D eigenvalue weighted by molar-refractivity contribution is 5.92. The zero-order valence-electron chi connectivity index (χ0n) is 15.3. The lowest BCUT2D eigenvalue weighted by molar-refractivity contribution is -0.127. The first-order valence-corrected chi connectivity index (χ1v) is 9.20. The number of nitrogens with zero attached hydrogens (tertiary/aromatic N) is 1. The summed E-state index contributed by atoms with van der Waals surface area (Å²) in [6, 6.07) is 9.42. The van der Waals surface area contributed by atoms with Gasteiger partial charge in [-0.3, -0.25) is 19.3 Å². The molecule has 0 bridgehead atoms. The Hall–Kier alpha value is -2.41. The van der Waals surface area contributed by atoms with E-state index in [0.717, 1.165) is 24.9 Å². The third-order valence-electron chi connectivity index (χ3n) is 4.39. The van der Waals surface area contributed by atoms with Crippen LogP contribution >= 0.6 is 0 Å². The summed E-state index contributed by atoms with van der Waals surface area (Å²) in [7, 11) is 0. The molecular formula is C19H28N4O3. The molecule has 1 fully saturated rings. The van der Waals surface area contributed by atoms with Crippen LogP contribution in [0.2, 0.25) is 0 Å². The van der Waals surface area contributed by atoms with Gasteiger partial charge in [-0.1, -0.05) is 25.1 Å². The lowest BCUT2D eigenvalue weighted by Gasteiger charge is -2.30. The van der Waals surface area contributed by atoms with E-state index in [1.165, 1.54) is 0 Å². The normalized spacial score (nSPS) is 15.3. The van der Waals surface area contributed by atoms with Gasteiger partial charge in [0.1, 0.15) is 0 Å². The van der Waals surface area contributed by atoms with Crippen LogP contribution in [0.5, 0.6) is 0 Å². The van der Waals surface area contributed by atoms with Crippen LogP contribution in [0.1, 0.15) is 26.2 Å². The quantitative estimate of drug-likeness (QED) is 0.645. The molecule has 26 heavy (non-hydrogen) atoms. The SMILES string of the molecule is CCCNC(=O)CNC(=O)CN1CCC(C(=O)Nc2ccccc2)CC1. The predicted octanol–water partition coefficient (Wildman–Crippen LogP) is 0.980. The van der Waals surface area contributed by atoms with Crippen LogP contribution in [0.15, 0.2) is 30.3 Å². The Bertz CT molecular complexity index is 598. The zero-order chi connectivity index (χ0) is 18.8. The number of nitrogens with one attached hydrogen (secondary N) is 3. The molecule has 2 rings (SSSR count). The number of anilines is 1. The van der Waals surface area contributed by atoms with Crippen molar-refractivity contribution in [2.24, 2.45) is 5.92 Å². The van der Waals surface area contributed by atoms with E-state index in [1.807, 2.05) is 42.2 Å². The molecule has 0 atom stereocenters. The summed E-state index contributed by atoms with van der Waals surface area (Å²) < 4.78 is 0. The van der Waals surface area contributed by atoms with E-state index >= 15 is 0 Å². The first kappa shape index (κ1) is 19.9. The van der Waals surface area contributed by atoms with E-state index in [2.05, 4.69) is 16.0 Å². The summed E-state index contributed by atoms with van der Waals surface area (Å²) in [6.07, 6.45) is 2.32. The molecule has 0 aliphatic carbocycles. The van der Waals surface area contributed by atoms with Crippen molar-refractivity contribution in [3.63, 3.8) is 0 Å². The Balaban J connectivity index is 1.65. The van der Waals surface area contributed by atoms with E-state index in [1.54, 1.807) is 0 Å². The third-order valence-corrected chi connectivity index (χ3v) is 4.39. The summed E-state index contributed by atoms with van der Waals surface area (Å²) in [6.45, 7) is 4.25. The summed E-state index contributed by atoms with van der Waals surface area (Å²) >= 11 is 0. The Morgan fingerprint density at radius 1 is 1.04 bits per heavy atom. The number of hydrogen-bond acceptors (Lipinski definition) is 4. The highest BCUT2D eigenvalue weighted by Crippen LogP contribution is 2.19. The molecule has 7 heteroatoms. The molecule has 0 saturated carbocycles. The number of carbonyl (C=O) groups is 3. The van der Waals surface area contributed by atoms with Gasteiger partial charge >= 0.3 is 0 Å². The minimum atomic E-state index is -0.170. The summed E-state index contributed by atoms with van der Waals surface area (Å²) in [5, 5.41) is 8.29. The molecule has 1 aliphatic rings. The average molecular weight is 360 g/mol. The monoisotopic (exact) mass is 360 g/mol.